The summed E-state index contributed by atoms with van der Waals surface area (Å²) in [6.45, 7) is 3.92. The number of hydrogen-bond acceptors (Lipinski definition) is 8. The van der Waals surface area contributed by atoms with E-state index in [-0.39, 0.29) is 12.5 Å². The summed E-state index contributed by atoms with van der Waals surface area (Å²) in [5, 5.41) is 33.9. The molecule has 4 heterocycles. The van der Waals surface area contributed by atoms with Crippen LogP contribution in [0.1, 0.15) is 24.2 Å². The fraction of sp³-hybridized carbons (Fsp3) is 0.286. The molecule has 3 aromatic heterocycles. The Morgan fingerprint density at radius 3 is 2.53 bits per heavy atom. The Hall–Kier alpha value is -4.46. The standard InChI is InChI=1S/C28H28N6O4/c1-19(35)18-38-23-13-24(26-22(14-29)16-31-34(26)17-23)21-7-8-25(30-15-21)32-9-11-33(12-10-32)28(37)27(36)20-5-3-2-4-6-20/h2-8,13,15-17,19,27,35-36H,9-12,18H2,1H3. The van der Waals surface area contributed by atoms with Crippen LogP contribution in [0, 0.1) is 11.3 Å². The van der Waals surface area contributed by atoms with Gasteiger partial charge in [-0.3, -0.25) is 4.79 Å². The van der Waals surface area contributed by atoms with Gasteiger partial charge in [-0.15, -0.1) is 0 Å². The molecule has 0 bridgehead atoms. The van der Waals surface area contributed by atoms with Crippen LogP contribution in [-0.2, 0) is 4.79 Å². The van der Waals surface area contributed by atoms with E-state index in [4.69, 9.17) is 4.74 Å². The Labute approximate surface area is 219 Å². The highest BCUT2D eigenvalue weighted by atomic mass is 16.5. The summed E-state index contributed by atoms with van der Waals surface area (Å²) in [6.07, 6.45) is 3.14. The van der Waals surface area contributed by atoms with Crippen molar-refractivity contribution >= 4 is 17.2 Å². The van der Waals surface area contributed by atoms with Gasteiger partial charge in [0.25, 0.3) is 5.91 Å². The molecule has 2 N–H and O–H groups in total. The van der Waals surface area contributed by atoms with Gasteiger partial charge in [0.15, 0.2) is 6.10 Å². The number of amides is 1. The van der Waals surface area contributed by atoms with Gasteiger partial charge in [-0.2, -0.15) is 10.4 Å². The maximum absolute atomic E-state index is 12.8. The summed E-state index contributed by atoms with van der Waals surface area (Å²) < 4.78 is 7.30. The molecule has 1 fully saturated rings. The zero-order valence-electron chi connectivity index (χ0n) is 20.9. The van der Waals surface area contributed by atoms with Crippen LogP contribution in [0.2, 0.25) is 0 Å². The Morgan fingerprint density at radius 2 is 1.87 bits per heavy atom. The number of fused-ring (bicyclic) bond motifs is 1. The van der Waals surface area contributed by atoms with Crippen molar-refractivity contribution in [2.24, 2.45) is 0 Å². The second-order valence-corrected chi connectivity index (χ2v) is 9.24. The summed E-state index contributed by atoms with van der Waals surface area (Å²) in [5.41, 5.74) is 3.20. The molecule has 10 heteroatoms. The normalized spacial score (nSPS) is 15.2. The molecule has 194 valence electrons. The summed E-state index contributed by atoms with van der Waals surface area (Å²) in [7, 11) is 0. The van der Waals surface area contributed by atoms with Gasteiger partial charge in [-0.05, 0) is 30.7 Å². The number of aromatic nitrogens is 3. The second-order valence-electron chi connectivity index (χ2n) is 9.24. The van der Waals surface area contributed by atoms with Crippen LogP contribution in [0.3, 0.4) is 0 Å². The molecular weight excluding hydrogens is 484 g/mol. The number of hydrogen-bond donors (Lipinski definition) is 2. The van der Waals surface area contributed by atoms with Crippen LogP contribution in [0.5, 0.6) is 5.75 Å². The van der Waals surface area contributed by atoms with Gasteiger partial charge < -0.3 is 24.7 Å². The Balaban J connectivity index is 1.31. The third-order valence-corrected chi connectivity index (χ3v) is 6.52. The molecule has 2 atom stereocenters. The molecule has 4 aromatic rings. The van der Waals surface area contributed by atoms with Gasteiger partial charge in [-0.1, -0.05) is 30.3 Å². The average Bonchev–Trinajstić information content (AvgIpc) is 3.39. The predicted molar refractivity (Wildman–Crippen MR) is 141 cm³/mol. The molecule has 1 saturated heterocycles. The van der Waals surface area contributed by atoms with Crippen molar-refractivity contribution in [1.29, 1.82) is 5.26 Å². The number of anilines is 1. The number of aliphatic hydroxyl groups is 2. The number of aliphatic hydroxyl groups excluding tert-OH is 2. The third kappa shape index (κ3) is 5.16. The molecule has 1 aromatic carbocycles. The summed E-state index contributed by atoms with van der Waals surface area (Å²) in [4.78, 5) is 21.2. The number of carbonyl (C=O) groups is 1. The van der Waals surface area contributed by atoms with E-state index in [1.165, 1.54) is 6.20 Å². The fourth-order valence-electron chi connectivity index (χ4n) is 4.53. The van der Waals surface area contributed by atoms with Crippen LogP contribution >= 0.6 is 0 Å². The zero-order valence-corrected chi connectivity index (χ0v) is 20.9. The monoisotopic (exact) mass is 512 g/mol. The van der Waals surface area contributed by atoms with E-state index in [1.807, 2.05) is 24.3 Å². The lowest BCUT2D eigenvalue weighted by molar-refractivity contribution is -0.140. The van der Waals surface area contributed by atoms with Crippen molar-refractivity contribution in [2.45, 2.75) is 19.1 Å². The number of piperazine rings is 1. The van der Waals surface area contributed by atoms with Crippen molar-refractivity contribution in [2.75, 3.05) is 37.7 Å². The Kier molecular flexibility index (Phi) is 7.22. The minimum Gasteiger partial charge on any atom is -0.489 e. The topological polar surface area (TPSA) is 127 Å². The highest BCUT2D eigenvalue weighted by molar-refractivity contribution is 5.85. The number of nitriles is 1. The van der Waals surface area contributed by atoms with Crippen molar-refractivity contribution in [3.63, 3.8) is 0 Å². The van der Waals surface area contributed by atoms with Crippen molar-refractivity contribution in [1.82, 2.24) is 19.5 Å². The zero-order chi connectivity index (χ0) is 26.6. The first-order valence-electron chi connectivity index (χ1n) is 12.4. The summed E-state index contributed by atoms with van der Waals surface area (Å²) >= 11 is 0. The molecule has 38 heavy (non-hydrogen) atoms. The molecule has 1 aliphatic heterocycles. The van der Waals surface area contributed by atoms with Crippen LogP contribution in [0.4, 0.5) is 5.82 Å². The lowest BCUT2D eigenvalue weighted by Crippen LogP contribution is -2.50. The molecule has 2 unspecified atom stereocenters. The van der Waals surface area contributed by atoms with Crippen molar-refractivity contribution in [3.05, 3.63) is 78.2 Å². The first-order valence-corrected chi connectivity index (χ1v) is 12.4. The minimum atomic E-state index is -1.17. The van der Waals surface area contributed by atoms with Gasteiger partial charge in [0.2, 0.25) is 0 Å². The first kappa shape index (κ1) is 25.2. The van der Waals surface area contributed by atoms with Crippen molar-refractivity contribution in [3.8, 4) is 22.9 Å². The van der Waals surface area contributed by atoms with E-state index in [1.54, 1.807) is 53.0 Å². The van der Waals surface area contributed by atoms with E-state index >= 15 is 0 Å². The molecule has 0 radical (unpaired) electrons. The molecule has 10 nitrogen and oxygen atoms in total. The Bertz CT molecular complexity index is 1450. The van der Waals surface area contributed by atoms with Crippen LogP contribution in [0.25, 0.3) is 16.6 Å². The van der Waals surface area contributed by atoms with Gasteiger partial charge >= 0.3 is 0 Å². The molecule has 0 saturated carbocycles. The smallest absolute Gasteiger partial charge is 0.256 e. The second kappa shape index (κ2) is 10.9. The molecular formula is C28H28N6O4. The minimum absolute atomic E-state index is 0.130. The summed E-state index contributed by atoms with van der Waals surface area (Å²) in [5.74, 6) is 0.995. The largest absolute Gasteiger partial charge is 0.489 e. The number of rotatable bonds is 7. The number of ether oxygens (including phenoxy) is 1. The quantitative estimate of drug-likeness (QED) is 0.387. The van der Waals surface area contributed by atoms with Gasteiger partial charge in [0.05, 0.1) is 29.6 Å². The number of pyridine rings is 2. The van der Waals surface area contributed by atoms with Crippen LogP contribution in [-0.4, -0.2) is 74.5 Å². The highest BCUT2D eigenvalue weighted by Gasteiger charge is 2.27. The maximum Gasteiger partial charge on any atom is 0.256 e. The van der Waals surface area contributed by atoms with E-state index in [2.05, 4.69) is 21.1 Å². The SMILES string of the molecule is CC(O)COc1cc(-c2ccc(N3CCN(C(=O)C(O)c4ccccc4)CC3)nc2)c2c(C#N)cnn2c1. The predicted octanol–water partition coefficient (Wildman–Crippen LogP) is 2.41. The third-order valence-electron chi connectivity index (χ3n) is 6.52. The summed E-state index contributed by atoms with van der Waals surface area (Å²) in [6, 6.07) is 16.8. The van der Waals surface area contributed by atoms with E-state index in [0.29, 0.717) is 48.6 Å². The van der Waals surface area contributed by atoms with Gasteiger partial charge in [0, 0.05) is 43.5 Å². The molecule has 0 spiro atoms. The maximum atomic E-state index is 12.8. The lowest BCUT2D eigenvalue weighted by Gasteiger charge is -2.36. The van der Waals surface area contributed by atoms with Crippen LogP contribution < -0.4 is 9.64 Å². The highest BCUT2D eigenvalue weighted by Crippen LogP contribution is 2.31. The first-order chi connectivity index (χ1) is 18.4. The average molecular weight is 513 g/mol. The van der Waals surface area contributed by atoms with Gasteiger partial charge in [0.1, 0.15) is 24.2 Å². The van der Waals surface area contributed by atoms with Crippen molar-refractivity contribution < 1.29 is 19.7 Å². The lowest BCUT2D eigenvalue weighted by atomic mass is 10.1. The molecule has 1 aliphatic rings. The van der Waals surface area contributed by atoms with Crippen LogP contribution in [0.15, 0.2) is 67.1 Å². The Morgan fingerprint density at radius 1 is 1.11 bits per heavy atom. The number of carbonyl (C=O) groups excluding carboxylic acids is 1. The van der Waals surface area contributed by atoms with E-state index in [0.717, 1.165) is 16.9 Å². The molecule has 5 rings (SSSR count). The fourth-order valence-corrected chi connectivity index (χ4v) is 4.53. The van der Waals surface area contributed by atoms with Gasteiger partial charge in [-0.25, -0.2) is 9.50 Å². The number of nitrogens with zero attached hydrogens (tertiary/aromatic N) is 6. The van der Waals surface area contributed by atoms with E-state index < -0.39 is 12.2 Å². The van der Waals surface area contributed by atoms with E-state index in [9.17, 15) is 20.3 Å². The number of benzene rings is 1. The molecule has 0 aliphatic carbocycles. The molecule has 1 amide bonds.